The molecule has 0 heterocycles. The van der Waals surface area contributed by atoms with Gasteiger partial charge in [0, 0.05) is 21.3 Å². The lowest BCUT2D eigenvalue weighted by Crippen LogP contribution is -2.55. The molecule has 5 heteroatoms. The van der Waals surface area contributed by atoms with Gasteiger partial charge in [0.25, 0.3) is 0 Å². The minimum Gasteiger partial charge on any atom is -0.375 e. The maximum absolute atomic E-state index is 5.68. The van der Waals surface area contributed by atoms with Crippen molar-refractivity contribution in [1.29, 1.82) is 0 Å². The molecule has 0 N–H and O–H groups in total. The van der Waals surface area contributed by atoms with Crippen molar-refractivity contribution in [1.82, 2.24) is 0 Å². The summed E-state index contributed by atoms with van der Waals surface area (Å²) in [4.78, 5) is 0. The van der Waals surface area contributed by atoms with Gasteiger partial charge in [0.2, 0.25) is 0 Å². The summed E-state index contributed by atoms with van der Waals surface area (Å²) in [6, 6.07) is 0. The summed E-state index contributed by atoms with van der Waals surface area (Å²) in [6.45, 7) is 8.23. The van der Waals surface area contributed by atoms with Gasteiger partial charge >= 0.3 is 8.80 Å². The molecule has 0 aromatic heterocycles. The number of ether oxygens (including phenoxy) is 1. The Hall–Kier alpha value is -0.203. The summed E-state index contributed by atoms with van der Waals surface area (Å²) in [5.41, 5.74) is 0.828. The molecule has 0 aromatic rings. The van der Waals surface area contributed by atoms with Gasteiger partial charge < -0.3 is 18.0 Å². The Morgan fingerprint density at radius 2 is 1.67 bits per heavy atom. The average molecular weight is 234 g/mol. The van der Waals surface area contributed by atoms with Gasteiger partial charge in [0.15, 0.2) is 0 Å². The van der Waals surface area contributed by atoms with Gasteiger partial charge in [0.05, 0.1) is 6.61 Å². The Balaban J connectivity index is 4.51. The van der Waals surface area contributed by atoms with Gasteiger partial charge in [-0.25, -0.2) is 0 Å². The van der Waals surface area contributed by atoms with Crippen molar-refractivity contribution in [2.24, 2.45) is 0 Å². The molecule has 0 amide bonds. The molecule has 0 radical (unpaired) electrons. The highest BCUT2D eigenvalue weighted by molar-refractivity contribution is 6.62. The van der Waals surface area contributed by atoms with Crippen LogP contribution in [0.4, 0.5) is 0 Å². The SMILES string of the molecule is C=C(C)CO[C@H](CC)[Si](OC)(OC)OC. The highest BCUT2D eigenvalue weighted by Crippen LogP contribution is 2.18. The molecule has 0 fully saturated rings. The summed E-state index contributed by atoms with van der Waals surface area (Å²) in [5.74, 6) is 0. The minimum absolute atomic E-state index is 0.144. The van der Waals surface area contributed by atoms with Crippen molar-refractivity contribution in [3.8, 4) is 0 Å². The Kier molecular flexibility index (Phi) is 7.04. The first-order valence-corrected chi connectivity index (χ1v) is 6.77. The van der Waals surface area contributed by atoms with Crippen LogP contribution in [-0.2, 0) is 18.0 Å². The van der Waals surface area contributed by atoms with Gasteiger partial charge in [-0.3, -0.25) is 0 Å². The highest BCUT2D eigenvalue weighted by Gasteiger charge is 2.47. The molecular weight excluding hydrogens is 212 g/mol. The zero-order chi connectivity index (χ0) is 11.9. The topological polar surface area (TPSA) is 36.9 Å². The molecule has 1 atom stereocenters. The zero-order valence-electron chi connectivity index (χ0n) is 10.3. The second kappa shape index (κ2) is 7.13. The summed E-state index contributed by atoms with van der Waals surface area (Å²) in [7, 11) is 2.09. The quantitative estimate of drug-likeness (QED) is 0.474. The van der Waals surface area contributed by atoms with Crippen molar-refractivity contribution in [2.75, 3.05) is 27.9 Å². The highest BCUT2D eigenvalue weighted by atomic mass is 28.4. The predicted molar refractivity (Wildman–Crippen MR) is 61.6 cm³/mol. The maximum Gasteiger partial charge on any atom is 0.530 e. The van der Waals surface area contributed by atoms with E-state index in [0.29, 0.717) is 6.61 Å². The molecule has 15 heavy (non-hydrogen) atoms. The van der Waals surface area contributed by atoms with Crippen LogP contribution in [0.25, 0.3) is 0 Å². The maximum atomic E-state index is 5.68. The van der Waals surface area contributed by atoms with Crippen molar-refractivity contribution < 1.29 is 18.0 Å². The van der Waals surface area contributed by atoms with Crippen LogP contribution in [0, 0.1) is 0 Å². The van der Waals surface area contributed by atoms with Crippen LogP contribution in [0.3, 0.4) is 0 Å². The van der Waals surface area contributed by atoms with Crippen molar-refractivity contribution in [3.63, 3.8) is 0 Å². The molecule has 0 spiro atoms. The second-order valence-electron chi connectivity index (χ2n) is 3.38. The summed E-state index contributed by atoms with van der Waals surface area (Å²) >= 11 is 0. The number of hydrogen-bond acceptors (Lipinski definition) is 4. The molecule has 0 aliphatic heterocycles. The standard InChI is InChI=1S/C10H22O4Si/c1-7-10(14-8-9(2)3)15(11-4,12-5)13-6/h10H,2,7-8H2,1,3-6H3/t10-/m0/s1. The fraction of sp³-hybridized carbons (Fsp3) is 0.800. The minimum atomic E-state index is -2.68. The Bertz CT molecular complexity index is 184. The summed E-state index contributed by atoms with van der Waals surface area (Å²) in [6.07, 6.45) is 0.787. The first kappa shape index (κ1) is 14.8. The fourth-order valence-corrected chi connectivity index (χ4v) is 3.43. The van der Waals surface area contributed by atoms with E-state index in [-0.39, 0.29) is 5.73 Å². The van der Waals surface area contributed by atoms with Gasteiger partial charge in [-0.1, -0.05) is 19.1 Å². The van der Waals surface area contributed by atoms with Crippen LogP contribution < -0.4 is 0 Å². The molecule has 0 bridgehead atoms. The lowest BCUT2D eigenvalue weighted by atomic mass is 10.4. The van der Waals surface area contributed by atoms with Gasteiger partial charge in [-0.15, -0.1) is 0 Å². The smallest absolute Gasteiger partial charge is 0.375 e. The zero-order valence-corrected chi connectivity index (χ0v) is 11.3. The van der Waals surface area contributed by atoms with Crippen molar-refractivity contribution >= 4 is 8.80 Å². The lowest BCUT2D eigenvalue weighted by molar-refractivity contribution is 0.0199. The molecule has 0 unspecified atom stereocenters. The van der Waals surface area contributed by atoms with E-state index < -0.39 is 8.80 Å². The molecular formula is C10H22O4Si. The van der Waals surface area contributed by atoms with E-state index in [1.54, 1.807) is 21.3 Å². The van der Waals surface area contributed by atoms with Crippen LogP contribution in [0.15, 0.2) is 12.2 Å². The summed E-state index contributed by atoms with van der Waals surface area (Å²) in [5, 5.41) is 0. The molecule has 0 aliphatic carbocycles. The van der Waals surface area contributed by atoms with Crippen molar-refractivity contribution in [2.45, 2.75) is 26.0 Å². The third-order valence-electron chi connectivity index (χ3n) is 2.15. The van der Waals surface area contributed by atoms with Crippen molar-refractivity contribution in [3.05, 3.63) is 12.2 Å². The normalized spacial score (nSPS) is 13.9. The molecule has 4 nitrogen and oxygen atoms in total. The van der Waals surface area contributed by atoms with E-state index in [4.69, 9.17) is 18.0 Å². The Labute approximate surface area is 93.5 Å². The predicted octanol–water partition coefficient (Wildman–Crippen LogP) is 1.77. The second-order valence-corrected chi connectivity index (χ2v) is 6.46. The van der Waals surface area contributed by atoms with Gasteiger partial charge in [0.1, 0.15) is 5.73 Å². The van der Waals surface area contributed by atoms with Crippen LogP contribution in [0.2, 0.25) is 0 Å². The molecule has 0 aliphatic rings. The number of hydrogen-bond donors (Lipinski definition) is 0. The van der Waals surface area contributed by atoms with E-state index in [2.05, 4.69) is 6.58 Å². The van der Waals surface area contributed by atoms with Crippen LogP contribution in [0.5, 0.6) is 0 Å². The summed E-state index contributed by atoms with van der Waals surface area (Å²) < 4.78 is 21.8. The van der Waals surface area contributed by atoms with Gasteiger partial charge in [-0.2, -0.15) is 0 Å². The van der Waals surface area contributed by atoms with E-state index in [0.717, 1.165) is 12.0 Å². The van der Waals surface area contributed by atoms with Gasteiger partial charge in [-0.05, 0) is 13.3 Å². The van der Waals surface area contributed by atoms with Crippen LogP contribution in [-0.4, -0.2) is 42.5 Å². The molecule has 0 rings (SSSR count). The Morgan fingerprint density at radius 3 is 1.93 bits per heavy atom. The van der Waals surface area contributed by atoms with Crippen LogP contribution >= 0.6 is 0 Å². The molecule has 90 valence electrons. The fourth-order valence-electron chi connectivity index (χ4n) is 1.36. The van der Waals surface area contributed by atoms with E-state index in [1.807, 2.05) is 13.8 Å². The lowest BCUT2D eigenvalue weighted by Gasteiger charge is -2.31. The Morgan fingerprint density at radius 1 is 1.20 bits per heavy atom. The molecule has 0 saturated carbocycles. The third kappa shape index (κ3) is 4.04. The van der Waals surface area contributed by atoms with E-state index >= 15 is 0 Å². The van der Waals surface area contributed by atoms with E-state index in [9.17, 15) is 0 Å². The van der Waals surface area contributed by atoms with E-state index in [1.165, 1.54) is 0 Å². The largest absolute Gasteiger partial charge is 0.530 e. The molecule has 0 aromatic carbocycles. The first-order valence-electron chi connectivity index (χ1n) is 4.97. The monoisotopic (exact) mass is 234 g/mol. The van der Waals surface area contributed by atoms with Crippen LogP contribution in [0.1, 0.15) is 20.3 Å². The number of rotatable bonds is 8. The third-order valence-corrected chi connectivity index (χ3v) is 5.22. The average Bonchev–Trinajstić information content (AvgIpc) is 2.24. The molecule has 0 saturated heterocycles. The first-order chi connectivity index (χ1) is 7.06.